The van der Waals surface area contributed by atoms with Crippen molar-refractivity contribution >= 4 is 0 Å². The number of rotatable bonds is 1. The molecule has 0 aliphatic rings. The van der Waals surface area contributed by atoms with Gasteiger partial charge in [-0.3, -0.25) is 9.97 Å². The van der Waals surface area contributed by atoms with Gasteiger partial charge in [-0.25, -0.2) is 0 Å². The lowest BCUT2D eigenvalue weighted by Gasteiger charge is -2.02. The average Bonchev–Trinajstić information content (AvgIpc) is 2.38. The van der Waals surface area contributed by atoms with Crippen molar-refractivity contribution in [2.75, 3.05) is 0 Å². The van der Waals surface area contributed by atoms with Gasteiger partial charge in [0, 0.05) is 35.9 Å². The zero-order valence-corrected chi connectivity index (χ0v) is 8.25. The highest BCUT2D eigenvalue weighted by Gasteiger charge is 2.05. The van der Waals surface area contributed by atoms with Crippen LogP contribution in [0.15, 0.2) is 36.9 Å². The lowest BCUT2D eigenvalue weighted by molar-refractivity contribution is 1.27. The van der Waals surface area contributed by atoms with Gasteiger partial charge in [0.15, 0.2) is 0 Å². The Morgan fingerprint density at radius 2 is 1.88 bits per heavy atom. The van der Waals surface area contributed by atoms with Gasteiger partial charge in [-0.05, 0) is 12.1 Å². The van der Waals surface area contributed by atoms with Gasteiger partial charge < -0.3 is 0 Å². The summed E-state index contributed by atoms with van der Waals surface area (Å²) in [5, 5.41) is 17.7. The number of nitrogens with zero attached hydrogens (tertiary/aromatic N) is 4. The van der Waals surface area contributed by atoms with E-state index in [9.17, 15) is 0 Å². The molecule has 0 aromatic carbocycles. The maximum absolute atomic E-state index is 8.93. The van der Waals surface area contributed by atoms with Crippen molar-refractivity contribution in [1.29, 1.82) is 10.5 Å². The van der Waals surface area contributed by atoms with Crippen LogP contribution in [0.25, 0.3) is 11.1 Å². The molecule has 0 saturated heterocycles. The first-order valence-electron chi connectivity index (χ1n) is 4.55. The Balaban J connectivity index is 2.60. The number of nitriles is 2. The van der Waals surface area contributed by atoms with E-state index in [2.05, 4.69) is 16.0 Å². The average molecular weight is 206 g/mol. The third-order valence-electron chi connectivity index (χ3n) is 2.12. The molecule has 2 heterocycles. The fourth-order valence-electron chi connectivity index (χ4n) is 1.38. The first-order valence-corrected chi connectivity index (χ1v) is 4.55. The molecule has 0 amide bonds. The van der Waals surface area contributed by atoms with Crippen LogP contribution in [0.3, 0.4) is 0 Å². The molecule has 0 radical (unpaired) electrons. The van der Waals surface area contributed by atoms with Crippen LogP contribution in [-0.4, -0.2) is 9.97 Å². The van der Waals surface area contributed by atoms with Crippen LogP contribution in [0.1, 0.15) is 11.1 Å². The molecule has 2 rings (SSSR count). The van der Waals surface area contributed by atoms with Crippen molar-refractivity contribution in [2.45, 2.75) is 0 Å². The molecule has 0 fully saturated rings. The topological polar surface area (TPSA) is 73.4 Å². The normalized spacial score (nSPS) is 9.12. The van der Waals surface area contributed by atoms with E-state index >= 15 is 0 Å². The highest BCUT2D eigenvalue weighted by atomic mass is 14.6. The summed E-state index contributed by atoms with van der Waals surface area (Å²) in [6, 6.07) is 7.50. The quantitative estimate of drug-likeness (QED) is 0.714. The minimum absolute atomic E-state index is 0.471. The minimum atomic E-state index is 0.471. The lowest BCUT2D eigenvalue weighted by Crippen LogP contribution is -1.88. The van der Waals surface area contributed by atoms with Gasteiger partial charge in [-0.15, -0.1) is 0 Å². The maximum Gasteiger partial charge on any atom is 0.101 e. The monoisotopic (exact) mass is 206 g/mol. The molecule has 0 N–H and O–H groups in total. The van der Waals surface area contributed by atoms with Crippen LogP contribution in [0.2, 0.25) is 0 Å². The largest absolute Gasteiger partial charge is 0.263 e. The van der Waals surface area contributed by atoms with E-state index in [0.29, 0.717) is 11.1 Å². The van der Waals surface area contributed by atoms with Gasteiger partial charge in [0.2, 0.25) is 0 Å². The Morgan fingerprint density at radius 1 is 1.00 bits per heavy atom. The molecule has 0 aliphatic heterocycles. The second kappa shape index (κ2) is 4.20. The van der Waals surface area contributed by atoms with Crippen molar-refractivity contribution in [3.63, 3.8) is 0 Å². The Hall–Kier alpha value is -2.72. The van der Waals surface area contributed by atoms with Crippen molar-refractivity contribution < 1.29 is 0 Å². The SMILES string of the molecule is N#Cc1cncc(-c2ccncc2C#N)c1. The highest BCUT2D eigenvalue weighted by Crippen LogP contribution is 2.21. The molecule has 16 heavy (non-hydrogen) atoms. The number of hydrogen-bond donors (Lipinski definition) is 0. The zero-order valence-electron chi connectivity index (χ0n) is 8.25. The summed E-state index contributed by atoms with van der Waals surface area (Å²) < 4.78 is 0. The van der Waals surface area contributed by atoms with E-state index < -0.39 is 0 Å². The van der Waals surface area contributed by atoms with Gasteiger partial charge in [0.25, 0.3) is 0 Å². The third-order valence-corrected chi connectivity index (χ3v) is 2.12. The van der Waals surface area contributed by atoms with E-state index in [0.717, 1.165) is 11.1 Å². The molecule has 4 heteroatoms. The molecule has 0 aliphatic carbocycles. The number of aromatic nitrogens is 2. The summed E-state index contributed by atoms with van der Waals surface area (Å²) in [7, 11) is 0. The van der Waals surface area contributed by atoms with Crippen LogP contribution in [0, 0.1) is 22.7 Å². The van der Waals surface area contributed by atoms with Crippen molar-refractivity contribution in [3.05, 3.63) is 48.0 Å². The van der Waals surface area contributed by atoms with Crippen LogP contribution in [0.4, 0.5) is 0 Å². The first kappa shape index (κ1) is 9.82. The predicted octanol–water partition coefficient (Wildman–Crippen LogP) is 1.89. The van der Waals surface area contributed by atoms with E-state index in [-0.39, 0.29) is 0 Å². The van der Waals surface area contributed by atoms with Crippen LogP contribution < -0.4 is 0 Å². The standard InChI is InChI=1S/C12H6N4/c13-4-9-3-10(7-16-6-9)12-1-2-15-8-11(12)5-14/h1-3,6-8H. The molecule has 0 bridgehead atoms. The van der Waals surface area contributed by atoms with Crippen molar-refractivity contribution in [2.24, 2.45) is 0 Å². The number of hydrogen-bond acceptors (Lipinski definition) is 4. The summed E-state index contributed by atoms with van der Waals surface area (Å²) in [6.45, 7) is 0. The van der Waals surface area contributed by atoms with E-state index in [1.165, 1.54) is 12.4 Å². The van der Waals surface area contributed by atoms with Gasteiger partial charge >= 0.3 is 0 Å². The second-order valence-electron chi connectivity index (χ2n) is 3.11. The van der Waals surface area contributed by atoms with E-state index in [1.807, 2.05) is 6.07 Å². The molecule has 0 saturated carbocycles. The molecule has 2 aromatic heterocycles. The molecular formula is C12H6N4. The molecule has 2 aromatic rings. The molecule has 0 unspecified atom stereocenters. The molecule has 0 atom stereocenters. The Bertz CT molecular complexity index is 605. The van der Waals surface area contributed by atoms with E-state index in [1.54, 1.807) is 24.5 Å². The Kier molecular flexibility index (Phi) is 2.58. The van der Waals surface area contributed by atoms with Crippen molar-refractivity contribution in [3.8, 4) is 23.3 Å². The maximum atomic E-state index is 8.93. The van der Waals surface area contributed by atoms with Crippen molar-refractivity contribution in [1.82, 2.24) is 9.97 Å². The summed E-state index contributed by atoms with van der Waals surface area (Å²) in [6.07, 6.45) is 6.21. The van der Waals surface area contributed by atoms with Crippen LogP contribution in [-0.2, 0) is 0 Å². The zero-order chi connectivity index (χ0) is 11.4. The second-order valence-corrected chi connectivity index (χ2v) is 3.11. The fourth-order valence-corrected chi connectivity index (χ4v) is 1.38. The molecule has 4 nitrogen and oxygen atoms in total. The van der Waals surface area contributed by atoms with Gasteiger partial charge in [0.05, 0.1) is 11.1 Å². The Morgan fingerprint density at radius 3 is 2.62 bits per heavy atom. The smallest absolute Gasteiger partial charge is 0.101 e. The predicted molar refractivity (Wildman–Crippen MR) is 56.9 cm³/mol. The van der Waals surface area contributed by atoms with Gasteiger partial charge in [0.1, 0.15) is 12.1 Å². The number of pyridine rings is 2. The molecule has 0 spiro atoms. The Labute approximate surface area is 92.4 Å². The summed E-state index contributed by atoms with van der Waals surface area (Å²) in [5.41, 5.74) is 2.43. The van der Waals surface area contributed by atoms with Crippen LogP contribution in [0.5, 0.6) is 0 Å². The molecule has 74 valence electrons. The van der Waals surface area contributed by atoms with E-state index in [4.69, 9.17) is 10.5 Å². The molecular weight excluding hydrogens is 200 g/mol. The first-order chi connectivity index (χ1) is 7.85. The summed E-state index contributed by atoms with van der Waals surface area (Å²) >= 11 is 0. The van der Waals surface area contributed by atoms with Gasteiger partial charge in [-0.1, -0.05) is 0 Å². The fraction of sp³-hybridized carbons (Fsp3) is 0. The van der Waals surface area contributed by atoms with Crippen LogP contribution >= 0.6 is 0 Å². The summed E-state index contributed by atoms with van der Waals surface area (Å²) in [5.74, 6) is 0. The lowest BCUT2D eigenvalue weighted by atomic mass is 10.0. The third kappa shape index (κ3) is 1.73. The minimum Gasteiger partial charge on any atom is -0.263 e. The summed E-state index contributed by atoms with van der Waals surface area (Å²) in [4.78, 5) is 7.83. The highest BCUT2D eigenvalue weighted by molar-refractivity contribution is 5.69. The van der Waals surface area contributed by atoms with Gasteiger partial charge in [-0.2, -0.15) is 10.5 Å².